The van der Waals surface area contributed by atoms with E-state index in [2.05, 4.69) is 195 Å². The van der Waals surface area contributed by atoms with Gasteiger partial charge in [-0.25, -0.2) is 0 Å². The van der Waals surface area contributed by atoms with Gasteiger partial charge in [0.2, 0.25) is 0 Å². The Morgan fingerprint density at radius 2 is 1.18 bits per heavy atom. The van der Waals surface area contributed by atoms with Gasteiger partial charge in [0.1, 0.15) is 0 Å². The minimum Gasteiger partial charge on any atom is -0.311 e. The van der Waals surface area contributed by atoms with Crippen LogP contribution >= 0.6 is 11.3 Å². The van der Waals surface area contributed by atoms with E-state index in [0.29, 0.717) is 0 Å². The van der Waals surface area contributed by atoms with Gasteiger partial charge in [-0.1, -0.05) is 124 Å². The third-order valence-corrected chi connectivity index (χ3v) is 14.8. The molecule has 0 spiro atoms. The number of thiophene rings is 1. The Morgan fingerprint density at radius 1 is 0.579 bits per heavy atom. The molecule has 1 aliphatic carbocycles. The average molecular weight is 763 g/mol. The van der Waals surface area contributed by atoms with Gasteiger partial charge in [0.15, 0.2) is 0 Å². The molecule has 0 unspecified atom stereocenters. The van der Waals surface area contributed by atoms with Crippen molar-refractivity contribution in [1.29, 1.82) is 0 Å². The topological polar surface area (TPSA) is 6.48 Å². The maximum Gasteiger partial charge on any atom is 0.264 e. The number of rotatable bonds is 2. The maximum absolute atomic E-state index is 2.65. The van der Waals surface area contributed by atoms with Crippen LogP contribution in [0.4, 0.5) is 34.1 Å². The molecule has 6 aromatic carbocycles. The van der Waals surface area contributed by atoms with Gasteiger partial charge in [-0.05, 0) is 146 Å². The lowest BCUT2D eigenvalue weighted by Crippen LogP contribution is -2.60. The number of fused-ring (bicyclic) bond motifs is 8. The summed E-state index contributed by atoms with van der Waals surface area (Å²) in [6.07, 6.45) is 2.40. The predicted octanol–water partition coefficient (Wildman–Crippen LogP) is 13.4. The van der Waals surface area contributed by atoms with E-state index in [1.54, 1.807) is 0 Å². The van der Waals surface area contributed by atoms with Crippen molar-refractivity contribution in [1.82, 2.24) is 0 Å². The minimum absolute atomic E-state index is 0.00953. The quantitative estimate of drug-likeness (QED) is 0.162. The van der Waals surface area contributed by atoms with Crippen LogP contribution in [0.1, 0.15) is 110 Å². The lowest BCUT2D eigenvalue weighted by atomic mass is 9.36. The first-order valence-corrected chi connectivity index (χ1v) is 21.8. The van der Waals surface area contributed by atoms with Crippen LogP contribution in [0.5, 0.6) is 0 Å². The molecular weight excluding hydrogens is 707 g/mol. The fraction of sp³-hybridized carbons (Fsp3) is 0.321. The van der Waals surface area contributed by atoms with Crippen molar-refractivity contribution < 1.29 is 0 Å². The lowest BCUT2D eigenvalue weighted by Gasteiger charge is -2.44. The molecule has 0 fully saturated rings. The number of aryl methyl sites for hydroxylation is 1. The Kier molecular flexibility index (Phi) is 7.77. The van der Waals surface area contributed by atoms with E-state index in [-0.39, 0.29) is 28.4 Å². The van der Waals surface area contributed by atoms with Gasteiger partial charge >= 0.3 is 0 Å². The molecule has 2 nitrogen and oxygen atoms in total. The van der Waals surface area contributed by atoms with Crippen LogP contribution in [-0.4, -0.2) is 6.71 Å². The van der Waals surface area contributed by atoms with Crippen molar-refractivity contribution in [3.63, 3.8) is 0 Å². The molecule has 3 heterocycles. The molecule has 0 amide bonds. The molecule has 0 bridgehead atoms. The fourth-order valence-electron chi connectivity index (χ4n) is 10.1. The highest BCUT2D eigenvalue weighted by Gasteiger charge is 2.47. The van der Waals surface area contributed by atoms with Crippen LogP contribution in [-0.2, 0) is 21.7 Å². The number of anilines is 6. The number of benzene rings is 6. The molecule has 57 heavy (non-hydrogen) atoms. The van der Waals surface area contributed by atoms with Gasteiger partial charge in [-0.15, -0.1) is 11.3 Å². The van der Waals surface area contributed by atoms with Crippen LogP contribution in [0, 0.1) is 6.92 Å². The molecule has 0 saturated carbocycles. The van der Waals surface area contributed by atoms with Gasteiger partial charge in [0.05, 0.1) is 5.69 Å². The zero-order valence-corrected chi connectivity index (χ0v) is 36.5. The van der Waals surface area contributed by atoms with Crippen LogP contribution in [0.25, 0.3) is 20.9 Å². The molecule has 7 aromatic rings. The zero-order valence-electron chi connectivity index (χ0n) is 35.7. The SMILES string of the molecule is Cc1cc2c3c(c1)N(c1ccc4ccccc4c1)c1c(sc4cc5c(cc14)C(C)(C)CCC5(C)C)B3c1cc(C(C)(C)C)ccc1N2c1ccc(C(C)(C)C)cc1. The summed E-state index contributed by atoms with van der Waals surface area (Å²) >= 11 is 2.04. The second kappa shape index (κ2) is 12.1. The Morgan fingerprint density at radius 3 is 1.84 bits per heavy atom. The molecule has 1 aromatic heterocycles. The minimum atomic E-state index is 0.00953. The molecule has 2 aliphatic heterocycles. The zero-order chi connectivity index (χ0) is 40.0. The summed E-state index contributed by atoms with van der Waals surface area (Å²) < 4.78 is 2.85. The average Bonchev–Trinajstić information content (AvgIpc) is 3.53. The Balaban J connectivity index is 1.33. The third-order valence-electron chi connectivity index (χ3n) is 13.6. The number of nitrogens with zero attached hydrogens (tertiary/aromatic N) is 2. The smallest absolute Gasteiger partial charge is 0.264 e. The first-order chi connectivity index (χ1) is 26.9. The first kappa shape index (κ1) is 36.5. The van der Waals surface area contributed by atoms with Crippen LogP contribution in [0.2, 0.25) is 0 Å². The molecule has 0 atom stereocenters. The third kappa shape index (κ3) is 5.57. The van der Waals surface area contributed by atoms with Gasteiger partial charge in [0, 0.05) is 43.3 Å². The summed E-state index contributed by atoms with van der Waals surface area (Å²) in [5.74, 6) is 0. The van der Waals surface area contributed by atoms with Crippen molar-refractivity contribution in [3.8, 4) is 0 Å². The van der Waals surface area contributed by atoms with Gasteiger partial charge in [-0.3, -0.25) is 0 Å². The molecule has 0 N–H and O–H groups in total. The van der Waals surface area contributed by atoms with Crippen LogP contribution in [0.3, 0.4) is 0 Å². The highest BCUT2D eigenvalue weighted by atomic mass is 32.1. The fourth-order valence-corrected chi connectivity index (χ4v) is 11.5. The molecular formula is C53H55BN2S. The number of hydrogen-bond donors (Lipinski definition) is 0. The van der Waals surface area contributed by atoms with Crippen molar-refractivity contribution >= 4 is 88.7 Å². The standard InChI is InChI=1S/C53H55BN2S/c1-32-26-44-47-45(27-32)56(38-20-16-33-14-12-13-15-34(33)28-38)48-39-30-40-41(53(10,11)25-24-52(40,8)9)31-46(39)57-49(48)54(47)42-29-36(51(5,6)7)19-23-43(42)55(44)37-21-17-35(18-22-37)50(2,3)4/h12-23,26-31H,24-25H2,1-11H3. The van der Waals surface area contributed by atoms with E-state index in [1.807, 2.05) is 11.3 Å². The van der Waals surface area contributed by atoms with E-state index in [9.17, 15) is 0 Å². The van der Waals surface area contributed by atoms with Crippen molar-refractivity contribution in [3.05, 3.63) is 137 Å². The number of hydrogen-bond acceptors (Lipinski definition) is 3. The van der Waals surface area contributed by atoms with Crippen LogP contribution < -0.4 is 25.5 Å². The second-order valence-electron chi connectivity index (χ2n) is 20.6. The summed E-state index contributed by atoms with van der Waals surface area (Å²) in [5.41, 5.74) is 17.8. The molecule has 4 heteroatoms. The molecule has 286 valence electrons. The summed E-state index contributed by atoms with van der Waals surface area (Å²) in [6.45, 7) is 26.2. The van der Waals surface area contributed by atoms with Crippen molar-refractivity contribution in [2.45, 2.75) is 111 Å². The van der Waals surface area contributed by atoms with E-state index in [1.165, 1.54) is 111 Å². The molecule has 0 radical (unpaired) electrons. The van der Waals surface area contributed by atoms with E-state index >= 15 is 0 Å². The van der Waals surface area contributed by atoms with Gasteiger partial charge in [0.25, 0.3) is 6.71 Å². The van der Waals surface area contributed by atoms with Gasteiger partial charge < -0.3 is 9.80 Å². The highest BCUT2D eigenvalue weighted by molar-refractivity contribution is 7.33. The van der Waals surface area contributed by atoms with E-state index in [4.69, 9.17) is 0 Å². The molecule has 10 rings (SSSR count). The molecule has 0 saturated heterocycles. The maximum atomic E-state index is 2.65. The summed E-state index contributed by atoms with van der Waals surface area (Å²) in [7, 11) is 0. The van der Waals surface area contributed by atoms with Gasteiger partial charge in [-0.2, -0.15) is 0 Å². The Hall–Kier alpha value is -4.80. The first-order valence-electron chi connectivity index (χ1n) is 21.0. The second-order valence-corrected chi connectivity index (χ2v) is 21.7. The Labute approximate surface area is 344 Å². The van der Waals surface area contributed by atoms with Crippen molar-refractivity contribution in [2.75, 3.05) is 9.80 Å². The normalized spacial score (nSPS) is 16.7. The van der Waals surface area contributed by atoms with E-state index in [0.717, 1.165) is 0 Å². The van der Waals surface area contributed by atoms with E-state index < -0.39 is 0 Å². The molecule has 3 aliphatic rings. The van der Waals surface area contributed by atoms with Crippen LogP contribution in [0.15, 0.2) is 109 Å². The highest BCUT2D eigenvalue weighted by Crippen LogP contribution is 2.53. The predicted molar refractivity (Wildman–Crippen MR) is 251 cm³/mol. The summed E-state index contributed by atoms with van der Waals surface area (Å²) in [5, 5.41) is 3.92. The van der Waals surface area contributed by atoms with Crippen molar-refractivity contribution in [2.24, 2.45) is 0 Å². The summed E-state index contributed by atoms with van der Waals surface area (Å²) in [4.78, 5) is 5.22. The lowest BCUT2D eigenvalue weighted by molar-refractivity contribution is 0.332. The Bertz CT molecular complexity index is 2790. The largest absolute Gasteiger partial charge is 0.311 e. The summed E-state index contributed by atoms with van der Waals surface area (Å²) in [6, 6.07) is 42.8. The monoisotopic (exact) mass is 762 g/mol.